The molecule has 0 aliphatic heterocycles. The Bertz CT molecular complexity index is 1540. The summed E-state index contributed by atoms with van der Waals surface area (Å²) in [5, 5.41) is 3.66. The third kappa shape index (κ3) is 7.84. The minimum Gasteiger partial charge on any atom is -0.497 e. The largest absolute Gasteiger partial charge is 0.497 e. The molecular formula is C33H40ClN3O6S. The average Bonchev–Trinajstić information content (AvgIpc) is 3.53. The third-order valence-corrected chi connectivity index (χ3v) is 9.92. The Morgan fingerprint density at radius 2 is 1.64 bits per heavy atom. The third-order valence-electron chi connectivity index (χ3n) is 7.90. The number of carbonyl (C=O) groups excluding carboxylic acids is 2. The second kappa shape index (κ2) is 14.8. The molecule has 0 radical (unpaired) electrons. The van der Waals surface area contributed by atoms with Gasteiger partial charge in [-0.25, -0.2) is 8.42 Å². The summed E-state index contributed by atoms with van der Waals surface area (Å²) in [6, 6.07) is 17.4. The van der Waals surface area contributed by atoms with Gasteiger partial charge in [-0.15, -0.1) is 0 Å². The number of hydrogen-bond donors (Lipinski definition) is 1. The zero-order chi connectivity index (χ0) is 31.9. The van der Waals surface area contributed by atoms with Crippen LogP contribution in [-0.4, -0.2) is 58.0 Å². The molecule has 1 fully saturated rings. The highest BCUT2D eigenvalue weighted by Crippen LogP contribution is 2.36. The first-order valence-electron chi connectivity index (χ1n) is 14.7. The van der Waals surface area contributed by atoms with Crippen molar-refractivity contribution in [3.8, 4) is 11.5 Å². The van der Waals surface area contributed by atoms with Crippen molar-refractivity contribution in [2.45, 2.75) is 69.5 Å². The van der Waals surface area contributed by atoms with Crippen LogP contribution in [0.1, 0.15) is 50.2 Å². The van der Waals surface area contributed by atoms with Crippen molar-refractivity contribution in [3.63, 3.8) is 0 Å². The number of nitrogens with one attached hydrogen (secondary N) is 1. The molecule has 0 bridgehead atoms. The van der Waals surface area contributed by atoms with E-state index in [4.69, 9.17) is 21.1 Å². The number of sulfonamides is 1. The van der Waals surface area contributed by atoms with Crippen molar-refractivity contribution in [2.75, 3.05) is 25.1 Å². The number of benzene rings is 3. The number of anilines is 1. The van der Waals surface area contributed by atoms with Gasteiger partial charge in [0.2, 0.25) is 11.8 Å². The van der Waals surface area contributed by atoms with E-state index < -0.39 is 28.5 Å². The molecule has 0 heterocycles. The van der Waals surface area contributed by atoms with E-state index in [0.29, 0.717) is 17.2 Å². The van der Waals surface area contributed by atoms with Gasteiger partial charge in [0.1, 0.15) is 24.1 Å². The predicted molar refractivity (Wildman–Crippen MR) is 172 cm³/mol. The van der Waals surface area contributed by atoms with E-state index in [1.165, 1.54) is 37.3 Å². The highest BCUT2D eigenvalue weighted by Gasteiger charge is 2.35. The summed E-state index contributed by atoms with van der Waals surface area (Å²) in [6.07, 6.45) is 4.22. The molecule has 1 unspecified atom stereocenters. The highest BCUT2D eigenvalue weighted by molar-refractivity contribution is 7.92. The maximum absolute atomic E-state index is 14.4. The predicted octanol–water partition coefficient (Wildman–Crippen LogP) is 5.73. The molecule has 44 heavy (non-hydrogen) atoms. The van der Waals surface area contributed by atoms with Crippen molar-refractivity contribution in [3.05, 3.63) is 82.9 Å². The Morgan fingerprint density at radius 1 is 0.977 bits per heavy atom. The monoisotopic (exact) mass is 641 g/mol. The fraction of sp³-hybridized carbons (Fsp3) is 0.394. The van der Waals surface area contributed by atoms with Crippen molar-refractivity contribution in [1.29, 1.82) is 0 Å². The van der Waals surface area contributed by atoms with E-state index >= 15 is 0 Å². The van der Waals surface area contributed by atoms with E-state index in [9.17, 15) is 18.0 Å². The SMILES string of the molecule is CCC(C(=O)NC1CCCC1)N(Cc1ccc(Cl)cc1)C(=O)CN(c1cc(OC)ccc1OC)S(=O)(=O)c1ccc(C)cc1. The second-order valence-corrected chi connectivity index (χ2v) is 13.2. The molecule has 0 saturated heterocycles. The number of methoxy groups -OCH3 is 2. The van der Waals surface area contributed by atoms with Gasteiger partial charge in [0, 0.05) is 23.7 Å². The van der Waals surface area contributed by atoms with Crippen molar-refractivity contribution in [1.82, 2.24) is 10.2 Å². The lowest BCUT2D eigenvalue weighted by Crippen LogP contribution is -2.53. The number of ether oxygens (including phenoxy) is 2. The van der Waals surface area contributed by atoms with Crippen LogP contribution >= 0.6 is 11.6 Å². The van der Waals surface area contributed by atoms with E-state index in [0.717, 1.165) is 41.1 Å². The highest BCUT2D eigenvalue weighted by atomic mass is 35.5. The number of hydrogen-bond acceptors (Lipinski definition) is 6. The number of amides is 2. The van der Waals surface area contributed by atoms with Crippen molar-refractivity contribution in [2.24, 2.45) is 0 Å². The van der Waals surface area contributed by atoms with E-state index in [2.05, 4.69) is 5.32 Å². The Hall–Kier alpha value is -3.76. The quantitative estimate of drug-likeness (QED) is 0.256. The lowest BCUT2D eigenvalue weighted by atomic mass is 10.1. The average molecular weight is 642 g/mol. The molecule has 1 N–H and O–H groups in total. The summed E-state index contributed by atoms with van der Waals surface area (Å²) in [7, 11) is -1.38. The van der Waals surface area contributed by atoms with Gasteiger partial charge in [0.15, 0.2) is 0 Å². The van der Waals surface area contributed by atoms with Gasteiger partial charge in [-0.1, -0.05) is 61.2 Å². The minimum absolute atomic E-state index is 0.0102. The number of nitrogens with zero attached hydrogens (tertiary/aromatic N) is 2. The lowest BCUT2D eigenvalue weighted by Gasteiger charge is -2.34. The van der Waals surface area contributed by atoms with Gasteiger partial charge in [-0.2, -0.15) is 0 Å². The van der Waals surface area contributed by atoms with Gasteiger partial charge in [0.05, 0.1) is 24.8 Å². The molecule has 4 rings (SSSR count). The first-order valence-corrected chi connectivity index (χ1v) is 16.5. The molecule has 1 atom stereocenters. The van der Waals surface area contributed by atoms with Crippen LogP contribution in [0.25, 0.3) is 0 Å². The van der Waals surface area contributed by atoms with Crippen LogP contribution in [0.5, 0.6) is 11.5 Å². The van der Waals surface area contributed by atoms with Crippen LogP contribution in [0.3, 0.4) is 0 Å². The van der Waals surface area contributed by atoms with Gasteiger partial charge >= 0.3 is 0 Å². The Labute approximate surface area is 265 Å². The van der Waals surface area contributed by atoms with Gasteiger partial charge in [-0.3, -0.25) is 13.9 Å². The molecule has 0 aromatic heterocycles. The van der Waals surface area contributed by atoms with E-state index in [-0.39, 0.29) is 34.8 Å². The summed E-state index contributed by atoms with van der Waals surface area (Å²) in [6.45, 7) is 3.20. The lowest BCUT2D eigenvalue weighted by molar-refractivity contribution is -0.140. The minimum atomic E-state index is -4.27. The number of halogens is 1. The smallest absolute Gasteiger partial charge is 0.264 e. The van der Waals surface area contributed by atoms with E-state index in [1.54, 1.807) is 48.5 Å². The summed E-state index contributed by atoms with van der Waals surface area (Å²) < 4.78 is 40.4. The Morgan fingerprint density at radius 3 is 2.23 bits per heavy atom. The molecule has 3 aromatic carbocycles. The molecule has 0 spiro atoms. The van der Waals surface area contributed by atoms with Gasteiger partial charge < -0.3 is 19.7 Å². The van der Waals surface area contributed by atoms with Gasteiger partial charge in [-0.05, 0) is 68.1 Å². The standard InChI is InChI=1S/C33H40ClN3O6S/c1-5-29(33(39)35-26-8-6-7-9-26)36(21-24-12-14-25(34)15-13-24)32(38)22-37(30-20-27(42-3)16-19-31(30)43-4)44(40,41)28-17-10-23(2)11-18-28/h10-20,26,29H,5-9,21-22H2,1-4H3,(H,35,39). The fourth-order valence-corrected chi connectivity index (χ4v) is 6.96. The molecule has 9 nitrogen and oxygen atoms in total. The van der Waals surface area contributed by atoms with Gasteiger partial charge in [0.25, 0.3) is 10.0 Å². The van der Waals surface area contributed by atoms with Crippen LogP contribution in [0, 0.1) is 6.92 Å². The molecule has 3 aromatic rings. The summed E-state index contributed by atoms with van der Waals surface area (Å²) in [4.78, 5) is 29.5. The molecule has 2 amide bonds. The van der Waals surface area contributed by atoms with Crippen molar-refractivity contribution >= 4 is 39.1 Å². The van der Waals surface area contributed by atoms with Crippen LogP contribution in [-0.2, 0) is 26.2 Å². The zero-order valence-electron chi connectivity index (χ0n) is 25.6. The first-order chi connectivity index (χ1) is 21.1. The fourth-order valence-electron chi connectivity index (χ4n) is 5.42. The Balaban J connectivity index is 1.78. The van der Waals surface area contributed by atoms with Crippen molar-refractivity contribution < 1.29 is 27.5 Å². The first kappa shape index (κ1) is 33.1. The molecule has 236 valence electrons. The normalized spacial score (nSPS) is 14.1. The topological polar surface area (TPSA) is 105 Å². The van der Waals surface area contributed by atoms with Crippen LogP contribution < -0.4 is 19.1 Å². The molecule has 1 aliphatic rings. The summed E-state index contributed by atoms with van der Waals surface area (Å²) in [5.41, 5.74) is 1.77. The summed E-state index contributed by atoms with van der Waals surface area (Å²) >= 11 is 6.11. The van der Waals surface area contributed by atoms with Crippen LogP contribution in [0.15, 0.2) is 71.6 Å². The molecule has 11 heteroatoms. The second-order valence-electron chi connectivity index (χ2n) is 10.9. The zero-order valence-corrected chi connectivity index (χ0v) is 27.2. The number of carbonyl (C=O) groups is 2. The molecule has 1 aliphatic carbocycles. The van der Waals surface area contributed by atoms with Crippen LogP contribution in [0.4, 0.5) is 5.69 Å². The maximum Gasteiger partial charge on any atom is 0.264 e. The number of aryl methyl sites for hydroxylation is 1. The molecule has 1 saturated carbocycles. The number of rotatable bonds is 13. The van der Waals surface area contributed by atoms with E-state index in [1.807, 2.05) is 13.8 Å². The molecular weight excluding hydrogens is 602 g/mol. The van der Waals surface area contributed by atoms with Crippen LogP contribution in [0.2, 0.25) is 5.02 Å². The Kier molecular flexibility index (Phi) is 11.2. The maximum atomic E-state index is 14.4. The summed E-state index contributed by atoms with van der Waals surface area (Å²) in [5.74, 6) is -0.176.